The van der Waals surface area contributed by atoms with Crippen LogP contribution in [0.25, 0.3) is 27.0 Å². The minimum Gasteiger partial charge on any atom is -0.464 e. The van der Waals surface area contributed by atoms with Crippen molar-refractivity contribution in [3.05, 3.63) is 112 Å². The largest absolute Gasteiger partial charge is 0.464 e. The molecule has 5 rings (SSSR count). The second kappa shape index (κ2) is 10.2. The van der Waals surface area contributed by atoms with Crippen molar-refractivity contribution in [1.82, 2.24) is 19.5 Å². The van der Waals surface area contributed by atoms with Crippen LogP contribution in [-0.4, -0.2) is 33.1 Å². The summed E-state index contributed by atoms with van der Waals surface area (Å²) in [7, 11) is 1.27. The number of carbonyl (C=O) groups excluding carboxylic acids is 2. The quantitative estimate of drug-likeness (QED) is 0.337. The number of benzene rings is 3. The average molecular weight is 511 g/mol. The molecule has 8 nitrogen and oxygen atoms in total. The monoisotopic (exact) mass is 510 g/mol. The van der Waals surface area contributed by atoms with Crippen LogP contribution in [0.5, 0.6) is 0 Å². The second-order valence-electron chi connectivity index (χ2n) is 8.38. The fourth-order valence-corrected chi connectivity index (χ4v) is 4.73. The van der Waals surface area contributed by atoms with Crippen molar-refractivity contribution in [3.8, 4) is 16.1 Å². The van der Waals surface area contributed by atoms with Gasteiger partial charge >= 0.3 is 5.97 Å². The Kier molecular flexibility index (Phi) is 6.61. The van der Waals surface area contributed by atoms with Gasteiger partial charge in [-0.15, -0.1) is 5.10 Å². The predicted octanol–water partition coefficient (Wildman–Crippen LogP) is 4.53. The van der Waals surface area contributed by atoms with Crippen LogP contribution in [0.1, 0.15) is 32.0 Å². The van der Waals surface area contributed by atoms with Gasteiger partial charge in [-0.2, -0.15) is 0 Å². The number of rotatable bonds is 6. The maximum absolute atomic E-state index is 13.6. The Labute approximate surface area is 216 Å². The summed E-state index contributed by atoms with van der Waals surface area (Å²) in [6, 6.07) is 21.7. The van der Waals surface area contributed by atoms with E-state index in [2.05, 4.69) is 14.9 Å². The van der Waals surface area contributed by atoms with Crippen LogP contribution < -0.4 is 10.7 Å². The number of nitrogens with zero attached hydrogens (tertiary/aromatic N) is 3. The first kappa shape index (κ1) is 24.1. The van der Waals surface area contributed by atoms with Gasteiger partial charge in [0, 0.05) is 23.2 Å². The van der Waals surface area contributed by atoms with E-state index in [4.69, 9.17) is 4.74 Å². The van der Waals surface area contributed by atoms with E-state index < -0.39 is 5.97 Å². The van der Waals surface area contributed by atoms with Crippen LogP contribution >= 0.6 is 11.5 Å². The number of ether oxygens (including phenoxy) is 1. The summed E-state index contributed by atoms with van der Waals surface area (Å²) in [5, 5.41) is 7.07. The van der Waals surface area contributed by atoms with Crippen LogP contribution in [0.2, 0.25) is 0 Å². The first-order chi connectivity index (χ1) is 18.0. The molecule has 0 atom stereocenters. The van der Waals surface area contributed by atoms with E-state index in [1.165, 1.54) is 18.6 Å². The number of aromatic nitrogens is 3. The van der Waals surface area contributed by atoms with Gasteiger partial charge in [-0.05, 0) is 66.0 Å². The molecular weight excluding hydrogens is 488 g/mol. The molecule has 37 heavy (non-hydrogen) atoms. The molecule has 1 amide bonds. The summed E-state index contributed by atoms with van der Waals surface area (Å²) in [5.74, 6) is -1.05. The van der Waals surface area contributed by atoms with Crippen molar-refractivity contribution >= 4 is 34.3 Å². The lowest BCUT2D eigenvalue weighted by atomic mass is 10.0. The first-order valence-corrected chi connectivity index (χ1v) is 12.2. The molecule has 2 heterocycles. The van der Waals surface area contributed by atoms with E-state index in [0.717, 1.165) is 16.0 Å². The number of esters is 1. The normalized spacial score (nSPS) is 10.9. The van der Waals surface area contributed by atoms with E-state index in [9.17, 15) is 14.4 Å². The van der Waals surface area contributed by atoms with E-state index in [1.807, 2.05) is 61.5 Å². The number of methoxy groups -OCH3 is 1. The number of fused-ring (bicyclic) bond motifs is 1. The summed E-state index contributed by atoms with van der Waals surface area (Å²) >= 11 is 1.26. The van der Waals surface area contributed by atoms with Gasteiger partial charge in [-0.3, -0.25) is 9.59 Å². The third-order valence-corrected chi connectivity index (χ3v) is 6.75. The van der Waals surface area contributed by atoms with Crippen LogP contribution in [0, 0.1) is 6.92 Å². The Morgan fingerprint density at radius 1 is 1.03 bits per heavy atom. The smallest absolute Gasteiger partial charge is 0.355 e. The van der Waals surface area contributed by atoms with Gasteiger partial charge in [-0.1, -0.05) is 40.9 Å². The molecule has 0 radical (unpaired) electrons. The Morgan fingerprint density at radius 3 is 2.46 bits per heavy atom. The molecule has 2 aromatic heterocycles. The van der Waals surface area contributed by atoms with E-state index in [0.29, 0.717) is 22.2 Å². The molecule has 0 unspecified atom stereocenters. The molecule has 5 aromatic rings. The highest BCUT2D eigenvalue weighted by Crippen LogP contribution is 2.25. The molecule has 0 aliphatic heterocycles. The molecule has 184 valence electrons. The van der Waals surface area contributed by atoms with Gasteiger partial charge in [0.15, 0.2) is 5.43 Å². The predicted molar refractivity (Wildman–Crippen MR) is 142 cm³/mol. The minimum absolute atomic E-state index is 0.0742. The standard InChI is InChI=1S/C28H22N4O4S/c1-17-8-13-21-23(14-17)32(20-6-4-3-5-7-20)25(28(35)36-2)22(26(21)33)15-29-27(34)19-11-9-18(10-12-19)24-16-30-31-37-24/h3-14,16H,15H2,1-2H3,(H,29,34). The van der Waals surface area contributed by atoms with Gasteiger partial charge in [0.05, 0.1) is 29.3 Å². The fraction of sp³-hybridized carbons (Fsp3) is 0.107. The molecule has 0 bridgehead atoms. The summed E-state index contributed by atoms with van der Waals surface area (Å²) < 4.78 is 10.7. The summed E-state index contributed by atoms with van der Waals surface area (Å²) in [6.45, 7) is 1.77. The number of hydrogen-bond donors (Lipinski definition) is 1. The third kappa shape index (κ3) is 4.64. The third-order valence-electron chi connectivity index (χ3n) is 6.03. The molecule has 0 saturated heterocycles. The number of para-hydroxylation sites is 1. The van der Waals surface area contributed by atoms with E-state index >= 15 is 0 Å². The van der Waals surface area contributed by atoms with Crippen molar-refractivity contribution in [2.75, 3.05) is 7.11 Å². The van der Waals surface area contributed by atoms with E-state index in [-0.39, 0.29) is 29.1 Å². The average Bonchev–Trinajstić information content (AvgIpc) is 3.47. The van der Waals surface area contributed by atoms with Crippen LogP contribution in [0.3, 0.4) is 0 Å². The zero-order chi connectivity index (χ0) is 25.9. The molecule has 0 aliphatic carbocycles. The number of amides is 1. The number of pyridine rings is 1. The van der Waals surface area contributed by atoms with Crippen molar-refractivity contribution < 1.29 is 14.3 Å². The molecule has 0 aliphatic rings. The zero-order valence-corrected chi connectivity index (χ0v) is 20.9. The van der Waals surface area contributed by atoms with Crippen LogP contribution in [-0.2, 0) is 11.3 Å². The summed E-state index contributed by atoms with van der Waals surface area (Å²) in [4.78, 5) is 40.6. The lowest BCUT2D eigenvalue weighted by molar-refractivity contribution is 0.0589. The second-order valence-corrected chi connectivity index (χ2v) is 9.17. The fourth-order valence-electron chi connectivity index (χ4n) is 4.22. The van der Waals surface area contributed by atoms with Crippen molar-refractivity contribution in [2.45, 2.75) is 13.5 Å². The lowest BCUT2D eigenvalue weighted by Gasteiger charge is -2.20. The number of hydrogen-bond acceptors (Lipinski definition) is 7. The summed E-state index contributed by atoms with van der Waals surface area (Å²) in [5.41, 5.74) is 3.41. The molecule has 0 spiro atoms. The van der Waals surface area contributed by atoms with Crippen molar-refractivity contribution in [3.63, 3.8) is 0 Å². The maximum atomic E-state index is 13.6. The Hall–Kier alpha value is -4.63. The van der Waals surface area contributed by atoms with Gasteiger partial charge in [0.2, 0.25) is 0 Å². The Balaban J connectivity index is 1.57. The molecule has 3 aromatic carbocycles. The zero-order valence-electron chi connectivity index (χ0n) is 20.1. The SMILES string of the molecule is COC(=O)c1c(CNC(=O)c2ccc(-c3cnns3)cc2)c(=O)c2ccc(C)cc2n1-c1ccccc1. The first-order valence-electron chi connectivity index (χ1n) is 11.5. The molecule has 1 N–H and O–H groups in total. The summed E-state index contributed by atoms with van der Waals surface area (Å²) in [6.07, 6.45) is 1.66. The number of carbonyl (C=O) groups is 2. The van der Waals surface area contributed by atoms with Gasteiger partial charge < -0.3 is 14.6 Å². The topological polar surface area (TPSA) is 103 Å². The van der Waals surface area contributed by atoms with E-state index in [1.54, 1.807) is 29.0 Å². The van der Waals surface area contributed by atoms with Crippen LogP contribution in [0.4, 0.5) is 0 Å². The maximum Gasteiger partial charge on any atom is 0.355 e. The van der Waals surface area contributed by atoms with Gasteiger partial charge in [-0.25, -0.2) is 4.79 Å². The lowest BCUT2D eigenvalue weighted by Crippen LogP contribution is -2.31. The molecular formula is C28H22N4O4S. The van der Waals surface area contributed by atoms with Crippen molar-refractivity contribution in [2.24, 2.45) is 0 Å². The minimum atomic E-state index is -0.670. The molecule has 0 fully saturated rings. The van der Waals surface area contributed by atoms with Crippen LogP contribution in [0.15, 0.2) is 83.8 Å². The number of nitrogens with one attached hydrogen (secondary N) is 1. The van der Waals surface area contributed by atoms with Gasteiger partial charge in [0.1, 0.15) is 5.69 Å². The highest BCUT2D eigenvalue weighted by molar-refractivity contribution is 7.09. The highest BCUT2D eigenvalue weighted by Gasteiger charge is 2.24. The molecule has 9 heteroatoms. The Morgan fingerprint density at radius 2 is 1.78 bits per heavy atom. The Bertz CT molecular complexity index is 1660. The van der Waals surface area contributed by atoms with Crippen molar-refractivity contribution in [1.29, 1.82) is 0 Å². The number of aryl methyl sites for hydroxylation is 1. The molecule has 0 saturated carbocycles. The highest BCUT2D eigenvalue weighted by atomic mass is 32.1. The van der Waals surface area contributed by atoms with Gasteiger partial charge in [0.25, 0.3) is 5.91 Å².